The van der Waals surface area contributed by atoms with Gasteiger partial charge < -0.3 is 14.9 Å². The third-order valence-corrected chi connectivity index (χ3v) is 3.13. The molecule has 0 aromatic heterocycles. The Labute approximate surface area is 97.7 Å². The summed E-state index contributed by atoms with van der Waals surface area (Å²) in [5.41, 5.74) is 0. The van der Waals surface area contributed by atoms with Crippen molar-refractivity contribution in [1.29, 1.82) is 0 Å². The molecule has 0 spiro atoms. The molecule has 12 heavy (non-hydrogen) atoms. The van der Waals surface area contributed by atoms with Gasteiger partial charge in [-0.2, -0.15) is 6.61 Å². The van der Waals surface area contributed by atoms with Crippen molar-refractivity contribution in [3.8, 4) is 0 Å². The van der Waals surface area contributed by atoms with E-state index in [9.17, 15) is 9.67 Å². The molecule has 0 amide bonds. The van der Waals surface area contributed by atoms with Crippen LogP contribution in [0.2, 0.25) is 0 Å². The van der Waals surface area contributed by atoms with Crippen LogP contribution >= 0.6 is 16.4 Å². The maximum absolute atomic E-state index is 10.0. The standard InChI is InChI=1S/C5H9O4P2.U/c6-3-1-9-4(5(3)7)2-10-11-8;/h1,3-7,10H,2H2;/q-1;/t3-,4+,5-;/m0./s1. The van der Waals surface area contributed by atoms with Gasteiger partial charge in [-0.1, -0.05) is 0 Å². The topological polar surface area (TPSA) is 66.8 Å². The Morgan fingerprint density at radius 2 is 2.25 bits per heavy atom. The van der Waals surface area contributed by atoms with E-state index >= 15 is 0 Å². The van der Waals surface area contributed by atoms with E-state index < -0.39 is 12.2 Å². The Kier molecular flexibility index (Phi) is 7.68. The van der Waals surface area contributed by atoms with Crippen molar-refractivity contribution in [2.45, 2.75) is 18.3 Å². The van der Waals surface area contributed by atoms with Crippen LogP contribution in [0.15, 0.2) is 0 Å². The first-order valence-corrected chi connectivity index (χ1v) is 6.02. The van der Waals surface area contributed by atoms with E-state index in [1.165, 1.54) is 6.61 Å². The Balaban J connectivity index is 0.00000121. The number of rotatable bonds is 3. The molecule has 0 aliphatic carbocycles. The fourth-order valence-corrected chi connectivity index (χ4v) is 2.21. The van der Waals surface area contributed by atoms with Gasteiger partial charge in [0, 0.05) is 37.3 Å². The summed E-state index contributed by atoms with van der Waals surface area (Å²) in [4.78, 5) is 0. The molecular weight excluding hydrogens is 424 g/mol. The molecule has 2 N–H and O–H groups in total. The van der Waals surface area contributed by atoms with E-state index in [0.717, 1.165) is 0 Å². The van der Waals surface area contributed by atoms with Crippen LogP contribution < -0.4 is 0 Å². The molecule has 0 aromatic carbocycles. The quantitative estimate of drug-likeness (QED) is 0.492. The monoisotopic (exact) mass is 433 g/mol. The van der Waals surface area contributed by atoms with Crippen molar-refractivity contribution in [3.05, 3.63) is 6.61 Å². The molecule has 1 rings (SSSR count). The summed E-state index contributed by atoms with van der Waals surface area (Å²) < 4.78 is 15.0. The molecule has 0 radical (unpaired) electrons. The maximum Gasteiger partial charge on any atom is 0.177 e. The molecule has 1 unspecified atom stereocenters. The van der Waals surface area contributed by atoms with Gasteiger partial charge in [-0.3, -0.25) is 4.57 Å². The fourth-order valence-electron chi connectivity index (χ4n) is 0.858. The molecule has 1 aliphatic rings. The van der Waals surface area contributed by atoms with Crippen LogP contribution in [0.3, 0.4) is 0 Å². The molecule has 0 bridgehead atoms. The first kappa shape index (κ1) is 13.5. The Bertz CT molecular complexity index is 147. The van der Waals surface area contributed by atoms with Gasteiger partial charge in [0.05, 0.1) is 12.2 Å². The molecule has 7 heteroatoms. The first-order chi connectivity index (χ1) is 5.25. The largest absolute Gasteiger partial charge is 0.545 e. The summed E-state index contributed by atoms with van der Waals surface area (Å²) in [5, 5.41) is 18.1. The second kappa shape index (κ2) is 6.85. The number of hydrogen-bond acceptors (Lipinski definition) is 4. The summed E-state index contributed by atoms with van der Waals surface area (Å²) in [6, 6.07) is 0. The predicted octanol–water partition coefficient (Wildman–Crippen LogP) is 0.154. The third kappa shape index (κ3) is 3.68. The van der Waals surface area contributed by atoms with Crippen LogP contribution in [0.5, 0.6) is 0 Å². The van der Waals surface area contributed by atoms with Crippen LogP contribution in [0.25, 0.3) is 0 Å². The van der Waals surface area contributed by atoms with Gasteiger partial charge in [0.1, 0.15) is 0 Å². The SMILES string of the molecule is O=PPC[C@H]1O[CH-][C@H](O)[C@@H]1O.[U]. The fraction of sp³-hybridized carbons (Fsp3) is 0.800. The average Bonchev–Trinajstić information content (AvgIpc) is 2.31. The van der Waals surface area contributed by atoms with Crippen LogP contribution in [-0.2, 0) is 9.30 Å². The first-order valence-electron chi connectivity index (χ1n) is 3.16. The minimum atomic E-state index is -0.895. The average molecular weight is 433 g/mol. The molecule has 1 heterocycles. The molecule has 0 aromatic rings. The summed E-state index contributed by atoms with van der Waals surface area (Å²) >= 11 is 0. The summed E-state index contributed by atoms with van der Waals surface area (Å²) in [7, 11) is 0.295. The van der Waals surface area contributed by atoms with Crippen LogP contribution in [0, 0.1) is 37.7 Å². The van der Waals surface area contributed by atoms with Gasteiger partial charge in [-0.15, -0.1) is 0 Å². The van der Waals surface area contributed by atoms with Crippen molar-refractivity contribution in [1.82, 2.24) is 0 Å². The molecule has 1 fully saturated rings. The van der Waals surface area contributed by atoms with Crippen LogP contribution in [0.1, 0.15) is 0 Å². The van der Waals surface area contributed by atoms with Gasteiger partial charge in [0.15, 0.2) is 8.15 Å². The smallest absolute Gasteiger partial charge is 0.177 e. The number of aliphatic hydroxyl groups is 2. The molecule has 1 aliphatic heterocycles. The van der Waals surface area contributed by atoms with Crippen LogP contribution in [0.4, 0.5) is 0 Å². The maximum atomic E-state index is 10.0. The molecular formula is C5H9O4P2U-. The Morgan fingerprint density at radius 1 is 1.58 bits per heavy atom. The number of aliphatic hydroxyl groups excluding tert-OH is 2. The van der Waals surface area contributed by atoms with E-state index in [-0.39, 0.29) is 53.6 Å². The zero-order valence-electron chi connectivity index (χ0n) is 6.17. The number of hydrogen-bond donors (Lipinski definition) is 2. The van der Waals surface area contributed by atoms with E-state index in [2.05, 4.69) is 0 Å². The molecule has 1 saturated heterocycles. The molecule has 0 saturated carbocycles. The van der Waals surface area contributed by atoms with Gasteiger partial charge in [-0.05, 0) is 14.4 Å². The van der Waals surface area contributed by atoms with Crippen LogP contribution in [-0.4, -0.2) is 34.7 Å². The third-order valence-electron chi connectivity index (χ3n) is 1.48. The summed E-state index contributed by atoms with van der Waals surface area (Å²) in [5.74, 6) is 0. The van der Waals surface area contributed by atoms with E-state index in [4.69, 9.17) is 9.84 Å². The predicted molar refractivity (Wildman–Crippen MR) is 42.0 cm³/mol. The minimum absolute atomic E-state index is 0. The zero-order chi connectivity index (χ0) is 8.27. The van der Waals surface area contributed by atoms with Crippen molar-refractivity contribution in [2.24, 2.45) is 0 Å². The van der Waals surface area contributed by atoms with Gasteiger partial charge in [-0.25, -0.2) is 0 Å². The Morgan fingerprint density at radius 3 is 2.67 bits per heavy atom. The van der Waals surface area contributed by atoms with E-state index in [1.807, 2.05) is 0 Å². The molecule has 4 atom stereocenters. The van der Waals surface area contributed by atoms with Gasteiger partial charge in [0.25, 0.3) is 0 Å². The van der Waals surface area contributed by atoms with Gasteiger partial charge in [0.2, 0.25) is 0 Å². The summed E-state index contributed by atoms with van der Waals surface area (Å²) in [6.07, 6.45) is -1.61. The molecule has 68 valence electrons. The zero-order valence-corrected chi connectivity index (χ0v) is 12.2. The van der Waals surface area contributed by atoms with Gasteiger partial charge >= 0.3 is 0 Å². The number of ether oxygens (including phenoxy) is 1. The Hall–Kier alpha value is 1.46. The minimum Gasteiger partial charge on any atom is -0.545 e. The van der Waals surface area contributed by atoms with Crippen molar-refractivity contribution in [3.63, 3.8) is 0 Å². The van der Waals surface area contributed by atoms with Crippen molar-refractivity contribution >= 4 is 16.4 Å². The molecule has 4 nitrogen and oxygen atoms in total. The van der Waals surface area contributed by atoms with Crippen molar-refractivity contribution < 1.29 is 50.6 Å². The normalized spacial score (nSPS) is 36.0. The van der Waals surface area contributed by atoms with Crippen molar-refractivity contribution in [2.75, 3.05) is 6.16 Å². The second-order valence-corrected chi connectivity index (χ2v) is 4.65. The van der Waals surface area contributed by atoms with E-state index in [0.29, 0.717) is 6.16 Å². The second-order valence-electron chi connectivity index (χ2n) is 2.25. The summed E-state index contributed by atoms with van der Waals surface area (Å²) in [6.45, 7) is 1.21. The van der Waals surface area contributed by atoms with E-state index in [1.54, 1.807) is 0 Å².